The Morgan fingerprint density at radius 2 is 1.77 bits per heavy atom. The third-order valence-electron chi connectivity index (χ3n) is 3.18. The molecule has 110 valence electrons. The molecule has 0 bridgehead atoms. The molecule has 0 fully saturated rings. The van der Waals surface area contributed by atoms with Crippen molar-refractivity contribution in [1.29, 1.82) is 0 Å². The standard InChI is InChI=1S/C16H9Cl2FN2O/c17-12-7-4-8-13(19)14(12)15-11(9-22)16(18)21(20-15)10-5-2-1-3-6-10/h1-9H. The Morgan fingerprint density at radius 1 is 1.05 bits per heavy atom. The van der Waals surface area contributed by atoms with Gasteiger partial charge in [-0.05, 0) is 24.3 Å². The van der Waals surface area contributed by atoms with Gasteiger partial charge in [-0.15, -0.1) is 0 Å². The molecule has 0 aliphatic heterocycles. The molecule has 0 aliphatic carbocycles. The number of para-hydroxylation sites is 1. The maximum Gasteiger partial charge on any atom is 0.155 e. The van der Waals surface area contributed by atoms with E-state index in [0.29, 0.717) is 12.0 Å². The second-order valence-electron chi connectivity index (χ2n) is 4.51. The predicted molar refractivity (Wildman–Crippen MR) is 84.4 cm³/mol. The maximum atomic E-state index is 14.1. The fourth-order valence-corrected chi connectivity index (χ4v) is 2.68. The Morgan fingerprint density at radius 3 is 2.41 bits per heavy atom. The molecule has 0 amide bonds. The van der Waals surface area contributed by atoms with Crippen molar-refractivity contribution < 1.29 is 9.18 Å². The molecule has 0 saturated heterocycles. The van der Waals surface area contributed by atoms with E-state index in [4.69, 9.17) is 23.2 Å². The van der Waals surface area contributed by atoms with Crippen LogP contribution in [0.2, 0.25) is 10.2 Å². The van der Waals surface area contributed by atoms with Gasteiger partial charge in [-0.25, -0.2) is 9.07 Å². The minimum Gasteiger partial charge on any atom is -0.298 e. The summed E-state index contributed by atoms with van der Waals surface area (Å²) >= 11 is 12.3. The van der Waals surface area contributed by atoms with Gasteiger partial charge in [0.25, 0.3) is 0 Å². The van der Waals surface area contributed by atoms with Gasteiger partial charge in [0, 0.05) is 0 Å². The number of halogens is 3. The Labute approximate surface area is 135 Å². The molecule has 0 aliphatic rings. The van der Waals surface area contributed by atoms with Crippen molar-refractivity contribution in [3.63, 3.8) is 0 Å². The zero-order valence-electron chi connectivity index (χ0n) is 11.1. The molecule has 0 atom stereocenters. The highest BCUT2D eigenvalue weighted by Crippen LogP contribution is 2.35. The molecule has 0 unspecified atom stereocenters. The smallest absolute Gasteiger partial charge is 0.155 e. The number of aldehydes is 1. The zero-order valence-corrected chi connectivity index (χ0v) is 12.6. The van der Waals surface area contributed by atoms with Crippen LogP contribution < -0.4 is 0 Å². The lowest BCUT2D eigenvalue weighted by Crippen LogP contribution is -1.96. The first-order valence-corrected chi connectivity index (χ1v) is 7.12. The van der Waals surface area contributed by atoms with Crippen LogP contribution >= 0.6 is 23.2 Å². The van der Waals surface area contributed by atoms with Crippen molar-refractivity contribution in [3.05, 3.63) is 70.1 Å². The Bertz CT molecular complexity index is 827. The lowest BCUT2D eigenvalue weighted by molar-refractivity contribution is 0.112. The van der Waals surface area contributed by atoms with Gasteiger partial charge >= 0.3 is 0 Å². The van der Waals surface area contributed by atoms with Crippen molar-refractivity contribution >= 4 is 29.5 Å². The lowest BCUT2D eigenvalue weighted by Gasteiger charge is -2.03. The largest absolute Gasteiger partial charge is 0.298 e. The van der Waals surface area contributed by atoms with Gasteiger partial charge in [0.15, 0.2) is 6.29 Å². The van der Waals surface area contributed by atoms with Crippen molar-refractivity contribution in [2.75, 3.05) is 0 Å². The fourth-order valence-electron chi connectivity index (χ4n) is 2.16. The van der Waals surface area contributed by atoms with Crippen LogP contribution in [0.5, 0.6) is 0 Å². The van der Waals surface area contributed by atoms with E-state index in [9.17, 15) is 9.18 Å². The minimum atomic E-state index is -0.565. The molecular formula is C16H9Cl2FN2O. The van der Waals surface area contributed by atoms with E-state index in [2.05, 4.69) is 5.10 Å². The number of hydrogen-bond acceptors (Lipinski definition) is 2. The summed E-state index contributed by atoms with van der Waals surface area (Å²) < 4.78 is 15.5. The second kappa shape index (κ2) is 5.91. The van der Waals surface area contributed by atoms with Crippen molar-refractivity contribution in [2.24, 2.45) is 0 Å². The summed E-state index contributed by atoms with van der Waals surface area (Å²) in [6, 6.07) is 13.3. The Kier molecular flexibility index (Phi) is 3.96. The molecule has 1 aromatic heterocycles. The van der Waals surface area contributed by atoms with E-state index in [1.54, 1.807) is 12.1 Å². The molecule has 6 heteroatoms. The van der Waals surface area contributed by atoms with Crippen LogP contribution in [0.15, 0.2) is 48.5 Å². The fraction of sp³-hybridized carbons (Fsp3) is 0. The average Bonchev–Trinajstić information content (AvgIpc) is 2.84. The summed E-state index contributed by atoms with van der Waals surface area (Å²) in [6.45, 7) is 0. The van der Waals surface area contributed by atoms with Crippen LogP contribution in [0.25, 0.3) is 16.9 Å². The van der Waals surface area contributed by atoms with Crippen LogP contribution in [0.1, 0.15) is 10.4 Å². The highest BCUT2D eigenvalue weighted by molar-refractivity contribution is 6.35. The Balaban J connectivity index is 2.28. The summed E-state index contributed by atoms with van der Waals surface area (Å²) in [6.07, 6.45) is 0.548. The number of aromatic nitrogens is 2. The van der Waals surface area contributed by atoms with E-state index in [1.807, 2.05) is 18.2 Å². The van der Waals surface area contributed by atoms with Crippen LogP contribution in [-0.4, -0.2) is 16.1 Å². The van der Waals surface area contributed by atoms with E-state index >= 15 is 0 Å². The number of benzene rings is 2. The number of carbonyl (C=O) groups is 1. The van der Waals surface area contributed by atoms with Crippen LogP contribution in [0, 0.1) is 5.82 Å². The summed E-state index contributed by atoms with van der Waals surface area (Å²) in [4.78, 5) is 11.4. The van der Waals surface area contributed by atoms with E-state index in [-0.39, 0.29) is 27.0 Å². The molecular weight excluding hydrogens is 326 g/mol. The molecule has 0 radical (unpaired) electrons. The van der Waals surface area contributed by atoms with Gasteiger partial charge in [0.2, 0.25) is 0 Å². The molecule has 3 nitrogen and oxygen atoms in total. The first-order chi connectivity index (χ1) is 10.6. The second-order valence-corrected chi connectivity index (χ2v) is 5.28. The predicted octanol–water partition coefficient (Wildman–Crippen LogP) is 4.80. The van der Waals surface area contributed by atoms with Gasteiger partial charge in [-0.2, -0.15) is 5.10 Å². The molecule has 3 aromatic rings. The summed E-state index contributed by atoms with van der Waals surface area (Å²) in [5.74, 6) is -0.565. The third kappa shape index (κ3) is 2.40. The van der Waals surface area contributed by atoms with Gasteiger partial charge in [-0.3, -0.25) is 4.79 Å². The third-order valence-corrected chi connectivity index (χ3v) is 3.86. The highest BCUT2D eigenvalue weighted by atomic mass is 35.5. The molecule has 0 spiro atoms. The summed E-state index contributed by atoms with van der Waals surface area (Å²) in [5, 5.41) is 4.54. The molecule has 3 rings (SSSR count). The van der Waals surface area contributed by atoms with Crippen molar-refractivity contribution in [3.8, 4) is 16.9 Å². The highest BCUT2D eigenvalue weighted by Gasteiger charge is 2.22. The zero-order chi connectivity index (χ0) is 15.7. The van der Waals surface area contributed by atoms with E-state index in [0.717, 1.165) is 0 Å². The normalized spacial score (nSPS) is 10.7. The van der Waals surface area contributed by atoms with Gasteiger partial charge in [-0.1, -0.05) is 47.5 Å². The van der Waals surface area contributed by atoms with Crippen LogP contribution in [-0.2, 0) is 0 Å². The van der Waals surface area contributed by atoms with Gasteiger partial charge in [0.05, 0.1) is 21.8 Å². The number of nitrogens with zero attached hydrogens (tertiary/aromatic N) is 2. The topological polar surface area (TPSA) is 34.9 Å². The quantitative estimate of drug-likeness (QED) is 0.645. The van der Waals surface area contributed by atoms with Crippen LogP contribution in [0.3, 0.4) is 0 Å². The molecule has 0 saturated carbocycles. The summed E-state index contributed by atoms with van der Waals surface area (Å²) in [7, 11) is 0. The van der Waals surface area contributed by atoms with Crippen molar-refractivity contribution in [2.45, 2.75) is 0 Å². The molecule has 22 heavy (non-hydrogen) atoms. The average molecular weight is 335 g/mol. The lowest BCUT2D eigenvalue weighted by atomic mass is 10.1. The maximum absolute atomic E-state index is 14.1. The molecule has 2 aromatic carbocycles. The minimum absolute atomic E-state index is 0.0582. The SMILES string of the molecule is O=Cc1c(-c2c(F)cccc2Cl)nn(-c2ccccc2)c1Cl. The monoisotopic (exact) mass is 334 g/mol. The molecule has 0 N–H and O–H groups in total. The number of hydrogen-bond donors (Lipinski definition) is 0. The number of rotatable bonds is 3. The van der Waals surface area contributed by atoms with Crippen LogP contribution in [0.4, 0.5) is 4.39 Å². The van der Waals surface area contributed by atoms with E-state index < -0.39 is 5.82 Å². The van der Waals surface area contributed by atoms with E-state index in [1.165, 1.54) is 22.9 Å². The Hall–Kier alpha value is -2.17. The van der Waals surface area contributed by atoms with Gasteiger partial charge in [0.1, 0.15) is 16.7 Å². The first kappa shape index (κ1) is 14.8. The van der Waals surface area contributed by atoms with Crippen molar-refractivity contribution in [1.82, 2.24) is 9.78 Å². The summed E-state index contributed by atoms with van der Waals surface area (Å²) in [5.41, 5.74) is 0.932. The first-order valence-electron chi connectivity index (χ1n) is 6.37. The molecule has 1 heterocycles. The van der Waals surface area contributed by atoms with Gasteiger partial charge < -0.3 is 0 Å². The number of carbonyl (C=O) groups excluding carboxylic acids is 1.